The number of benzene rings is 2. The maximum Gasteiger partial charge on any atom is 0.389 e. The van der Waals surface area contributed by atoms with Crippen molar-refractivity contribution in [1.29, 1.82) is 0 Å². The lowest BCUT2D eigenvalue weighted by Crippen LogP contribution is -2.48. The van der Waals surface area contributed by atoms with Gasteiger partial charge in [-0.05, 0) is 49.4 Å². The number of halogens is 4. The third-order valence-electron chi connectivity index (χ3n) is 6.79. The quantitative estimate of drug-likeness (QED) is 0.437. The number of hydrogen-bond donors (Lipinski definition) is 2. The van der Waals surface area contributed by atoms with Crippen LogP contribution in [-0.2, 0) is 26.0 Å². The van der Waals surface area contributed by atoms with Crippen molar-refractivity contribution in [2.45, 2.75) is 56.3 Å². The Labute approximate surface area is 242 Å². The Hall–Kier alpha value is -2.87. The van der Waals surface area contributed by atoms with Gasteiger partial charge in [0.15, 0.2) is 0 Å². The highest BCUT2D eigenvalue weighted by atomic mass is 35.5. The van der Waals surface area contributed by atoms with E-state index in [4.69, 9.17) is 16.3 Å². The fourth-order valence-electron chi connectivity index (χ4n) is 4.34. The number of aliphatic hydroxyl groups is 1. The minimum absolute atomic E-state index is 0.0390. The van der Waals surface area contributed by atoms with Gasteiger partial charge >= 0.3 is 6.18 Å². The minimum atomic E-state index is -4.48. The number of sulfonamides is 1. The number of hydrogen-bond acceptors (Lipinski definition) is 6. The molecular weight excluding hydrogens is 587 g/mol. The maximum atomic E-state index is 13.3. The Morgan fingerprint density at radius 2 is 1.90 bits per heavy atom. The van der Waals surface area contributed by atoms with Crippen LogP contribution < -0.4 is 10.1 Å². The summed E-state index contributed by atoms with van der Waals surface area (Å²) < 4.78 is 71.5. The van der Waals surface area contributed by atoms with Crippen LogP contribution in [0.25, 0.3) is 0 Å². The van der Waals surface area contributed by atoms with Crippen LogP contribution in [0.15, 0.2) is 47.4 Å². The van der Waals surface area contributed by atoms with Crippen molar-refractivity contribution >= 4 is 39.1 Å². The van der Waals surface area contributed by atoms with E-state index in [-0.39, 0.29) is 54.3 Å². The molecule has 1 heterocycles. The number of ether oxygens (including phenoxy) is 1. The number of likely N-dealkylation sites (N-methyl/N-ethyl adjacent to an activating group) is 1. The van der Waals surface area contributed by atoms with Crippen LogP contribution in [0.1, 0.15) is 32.3 Å². The molecule has 2 N–H and O–H groups in total. The molecule has 9 nitrogen and oxygen atoms in total. The Kier molecular flexibility index (Phi) is 10.7. The van der Waals surface area contributed by atoms with Gasteiger partial charge in [0.1, 0.15) is 11.9 Å². The largest absolute Gasteiger partial charge is 0.488 e. The molecule has 2 aromatic carbocycles. The predicted octanol–water partition coefficient (Wildman–Crippen LogP) is 4.09. The Bertz CT molecular complexity index is 1340. The second kappa shape index (κ2) is 13.4. The summed E-state index contributed by atoms with van der Waals surface area (Å²) in [6, 6.07) is 9.55. The van der Waals surface area contributed by atoms with Crippen LogP contribution in [-0.4, -0.2) is 79.6 Å². The van der Waals surface area contributed by atoms with Crippen LogP contribution in [0.3, 0.4) is 0 Å². The highest BCUT2D eigenvalue weighted by Gasteiger charge is 2.34. The van der Waals surface area contributed by atoms with Crippen molar-refractivity contribution in [3.05, 3.63) is 53.1 Å². The molecule has 0 saturated carbocycles. The summed E-state index contributed by atoms with van der Waals surface area (Å²) in [4.78, 5) is 26.9. The summed E-state index contributed by atoms with van der Waals surface area (Å²) >= 11 is 5.90. The fourth-order valence-corrected chi connectivity index (χ4v) is 5.65. The topological polar surface area (TPSA) is 116 Å². The lowest BCUT2D eigenvalue weighted by atomic mass is 10.0. The lowest BCUT2D eigenvalue weighted by Gasteiger charge is -2.33. The molecule has 3 atom stereocenters. The normalized spacial score (nSPS) is 19.0. The van der Waals surface area contributed by atoms with Gasteiger partial charge in [-0.25, -0.2) is 8.42 Å². The molecule has 0 bridgehead atoms. The lowest BCUT2D eigenvalue weighted by molar-refractivity contribution is -0.142. The van der Waals surface area contributed by atoms with Crippen molar-refractivity contribution in [2.75, 3.05) is 32.1 Å². The van der Waals surface area contributed by atoms with Gasteiger partial charge in [-0.1, -0.05) is 18.5 Å². The molecule has 41 heavy (non-hydrogen) atoms. The average Bonchev–Trinajstić information content (AvgIpc) is 2.94. The number of carbonyl (C=O) groups is 2. The fraction of sp³-hybridized carbons (Fsp3) is 0.481. The molecule has 0 saturated heterocycles. The van der Waals surface area contributed by atoms with E-state index in [9.17, 15) is 36.3 Å². The third-order valence-corrected chi connectivity index (χ3v) is 8.88. The molecule has 0 fully saturated rings. The molecule has 1 aliphatic rings. The molecule has 0 radical (unpaired) electrons. The van der Waals surface area contributed by atoms with Gasteiger partial charge in [0.05, 0.1) is 36.9 Å². The number of anilines is 1. The van der Waals surface area contributed by atoms with Crippen LogP contribution >= 0.6 is 11.6 Å². The Morgan fingerprint density at radius 3 is 2.51 bits per heavy atom. The van der Waals surface area contributed by atoms with E-state index in [2.05, 4.69) is 5.32 Å². The van der Waals surface area contributed by atoms with E-state index in [1.54, 1.807) is 13.8 Å². The molecular formula is C27H33ClF3N3O6S. The molecule has 226 valence electrons. The van der Waals surface area contributed by atoms with Gasteiger partial charge < -0.3 is 20.1 Å². The number of rotatable bonds is 9. The van der Waals surface area contributed by atoms with Gasteiger partial charge in [-0.15, -0.1) is 0 Å². The number of aliphatic hydroxyl groups excluding tert-OH is 1. The van der Waals surface area contributed by atoms with Crippen molar-refractivity contribution in [2.24, 2.45) is 5.92 Å². The zero-order valence-electron chi connectivity index (χ0n) is 22.8. The van der Waals surface area contributed by atoms with Crippen molar-refractivity contribution in [1.82, 2.24) is 9.21 Å². The first kappa shape index (κ1) is 32.6. The molecule has 0 spiro atoms. The van der Waals surface area contributed by atoms with Crippen molar-refractivity contribution < 1.29 is 41.0 Å². The van der Waals surface area contributed by atoms with Crippen molar-refractivity contribution in [3.8, 4) is 5.75 Å². The van der Waals surface area contributed by atoms with E-state index in [0.717, 1.165) is 4.31 Å². The number of nitrogens with zero attached hydrogens (tertiary/aromatic N) is 2. The third kappa shape index (κ3) is 8.81. The van der Waals surface area contributed by atoms with Crippen LogP contribution in [0.5, 0.6) is 5.75 Å². The standard InChI is InChI=1S/C27H33ClF3N3O6S/c1-17-14-34(18(2)16-35)26(37)13-19-12-21(32-25(36)10-11-27(29,30)31)6-9-23(19)40-24(17)15-33(3)41(38,39)22-7-4-20(28)5-8-22/h4-9,12,17-18,24,35H,10-11,13-16H2,1-3H3,(H,32,36)/t17-,18-,24-/m0/s1. The first-order chi connectivity index (χ1) is 19.1. The molecule has 0 aliphatic carbocycles. The average molecular weight is 620 g/mol. The molecule has 14 heteroatoms. The number of nitrogens with one attached hydrogen (secondary N) is 1. The van der Waals surface area contributed by atoms with Gasteiger partial charge in [-0.2, -0.15) is 17.5 Å². The summed E-state index contributed by atoms with van der Waals surface area (Å²) in [7, 11) is -2.51. The smallest absolute Gasteiger partial charge is 0.389 e. The first-order valence-electron chi connectivity index (χ1n) is 12.9. The number of fused-ring (bicyclic) bond motifs is 1. The molecule has 3 rings (SSSR count). The second-order valence-electron chi connectivity index (χ2n) is 10.1. The zero-order chi connectivity index (χ0) is 30.5. The minimum Gasteiger partial charge on any atom is -0.488 e. The summed E-state index contributed by atoms with van der Waals surface area (Å²) in [5.74, 6) is -1.30. The monoisotopic (exact) mass is 619 g/mol. The molecule has 0 aromatic heterocycles. The first-order valence-corrected chi connectivity index (χ1v) is 14.7. The SMILES string of the molecule is C[C@H]1CN([C@@H](C)CO)C(=O)Cc2cc(NC(=O)CCC(F)(F)F)ccc2O[C@H]1CN(C)S(=O)(=O)c1ccc(Cl)cc1. The second-order valence-corrected chi connectivity index (χ2v) is 12.6. The van der Waals surface area contributed by atoms with Crippen LogP contribution in [0.2, 0.25) is 5.02 Å². The number of amides is 2. The Balaban J connectivity index is 1.92. The van der Waals surface area contributed by atoms with E-state index in [1.165, 1.54) is 54.4 Å². The van der Waals surface area contributed by atoms with Crippen LogP contribution in [0, 0.1) is 5.92 Å². The summed E-state index contributed by atoms with van der Waals surface area (Å²) in [5.41, 5.74) is 0.529. The molecule has 2 amide bonds. The number of alkyl halides is 3. The molecule has 1 aliphatic heterocycles. The van der Waals surface area contributed by atoms with Crippen LogP contribution in [0.4, 0.5) is 18.9 Å². The van der Waals surface area contributed by atoms with E-state index >= 15 is 0 Å². The predicted molar refractivity (Wildman–Crippen MR) is 147 cm³/mol. The summed E-state index contributed by atoms with van der Waals surface area (Å²) in [5, 5.41) is 12.6. The Morgan fingerprint density at radius 1 is 1.24 bits per heavy atom. The van der Waals surface area contributed by atoms with Gasteiger partial charge in [0, 0.05) is 42.2 Å². The van der Waals surface area contributed by atoms with Gasteiger partial charge in [0.25, 0.3) is 0 Å². The number of carbonyl (C=O) groups excluding carboxylic acids is 2. The molecule has 2 aromatic rings. The zero-order valence-corrected chi connectivity index (χ0v) is 24.4. The summed E-state index contributed by atoms with van der Waals surface area (Å²) in [6.07, 6.45) is -7.43. The van der Waals surface area contributed by atoms with E-state index < -0.39 is 47.1 Å². The highest BCUT2D eigenvalue weighted by molar-refractivity contribution is 7.89. The van der Waals surface area contributed by atoms with Gasteiger partial charge in [0.2, 0.25) is 21.8 Å². The van der Waals surface area contributed by atoms with Gasteiger partial charge in [-0.3, -0.25) is 9.59 Å². The summed E-state index contributed by atoms with van der Waals surface area (Å²) in [6.45, 7) is 3.24. The van der Waals surface area contributed by atoms with E-state index in [1.807, 2.05) is 0 Å². The maximum absolute atomic E-state index is 13.3. The van der Waals surface area contributed by atoms with E-state index in [0.29, 0.717) is 10.6 Å². The highest BCUT2D eigenvalue weighted by Crippen LogP contribution is 2.30. The molecule has 0 unspecified atom stereocenters. The van der Waals surface area contributed by atoms with Crippen molar-refractivity contribution in [3.63, 3.8) is 0 Å².